The Kier molecular flexibility index (Phi) is 7.55. The smallest absolute Gasteiger partial charge is 0.170 e. The monoisotopic (exact) mass is 610 g/mol. The van der Waals surface area contributed by atoms with E-state index in [1.54, 1.807) is 30.3 Å². The number of fused-ring (bicyclic) bond motifs is 1. The number of benzene rings is 3. The van der Waals surface area contributed by atoms with E-state index in [0.29, 0.717) is 46.0 Å². The zero-order valence-electron chi connectivity index (χ0n) is 23.2. The highest BCUT2D eigenvalue weighted by Gasteiger charge is 2.47. The maximum Gasteiger partial charge on any atom is 0.170 e. The van der Waals surface area contributed by atoms with Crippen molar-refractivity contribution in [2.75, 3.05) is 20.1 Å². The van der Waals surface area contributed by atoms with E-state index >= 15 is 4.39 Å². The first-order valence-electron chi connectivity index (χ1n) is 13.4. The van der Waals surface area contributed by atoms with Crippen molar-refractivity contribution < 1.29 is 9.13 Å². The van der Waals surface area contributed by atoms with Gasteiger partial charge in [-0.2, -0.15) is 5.10 Å². The maximum atomic E-state index is 15.5. The molecule has 0 N–H and O–H groups in total. The number of para-hydroxylation sites is 1. The molecule has 3 atom stereocenters. The molecule has 2 aliphatic rings. The topological polar surface area (TPSA) is 58.3 Å². The number of ether oxygens (including phenoxy) is 1. The summed E-state index contributed by atoms with van der Waals surface area (Å²) in [5, 5.41) is 6.74. The predicted molar refractivity (Wildman–Crippen MR) is 165 cm³/mol. The van der Waals surface area contributed by atoms with Gasteiger partial charge in [-0.1, -0.05) is 59.6 Å². The number of morpholine rings is 1. The third kappa shape index (κ3) is 4.82. The second-order valence-electron chi connectivity index (χ2n) is 10.3. The van der Waals surface area contributed by atoms with Gasteiger partial charge in [-0.25, -0.2) is 23.5 Å². The number of halogens is 3. The summed E-state index contributed by atoms with van der Waals surface area (Å²) in [6, 6.07) is 21.9. The molecule has 1 saturated heterocycles. The molecule has 7 nitrogen and oxygen atoms in total. The van der Waals surface area contributed by atoms with E-state index in [2.05, 4.69) is 18.5 Å². The van der Waals surface area contributed by atoms with Crippen molar-refractivity contribution in [3.05, 3.63) is 99.9 Å². The van der Waals surface area contributed by atoms with Gasteiger partial charge in [0.05, 0.1) is 44.5 Å². The molecule has 212 valence electrons. The van der Waals surface area contributed by atoms with Crippen molar-refractivity contribution in [1.29, 1.82) is 0 Å². The Morgan fingerprint density at radius 2 is 1.56 bits per heavy atom. The number of aliphatic imine (C=N–C) groups is 1. The van der Waals surface area contributed by atoms with Crippen LogP contribution in [0.4, 0.5) is 15.9 Å². The molecule has 0 radical (unpaired) electrons. The van der Waals surface area contributed by atoms with Gasteiger partial charge in [0.25, 0.3) is 0 Å². The second-order valence-corrected chi connectivity index (χ2v) is 14.1. The van der Waals surface area contributed by atoms with E-state index < -0.39 is 7.36 Å². The van der Waals surface area contributed by atoms with Crippen molar-refractivity contribution >= 4 is 53.2 Å². The van der Waals surface area contributed by atoms with Gasteiger partial charge in [0.15, 0.2) is 13.2 Å². The van der Waals surface area contributed by atoms with Gasteiger partial charge in [-0.05, 0) is 57.2 Å². The maximum absolute atomic E-state index is 15.5. The molecule has 1 fully saturated rings. The van der Waals surface area contributed by atoms with Crippen LogP contribution in [-0.2, 0) is 4.74 Å². The van der Waals surface area contributed by atoms with Crippen LogP contribution in [0.5, 0.6) is 0 Å². The lowest BCUT2D eigenvalue weighted by Gasteiger charge is -2.49. The van der Waals surface area contributed by atoms with Crippen molar-refractivity contribution in [3.63, 3.8) is 0 Å². The summed E-state index contributed by atoms with van der Waals surface area (Å²) in [6.45, 7) is 7.26. The Labute approximate surface area is 249 Å². The number of aromatic nitrogens is 2. The SMILES string of the molecule is Cc1nn(-c2ccccc2)c2c1[P@](=Nc1c(Cl)cccc1Cl)(N1C[C@@H](C)O[C@@H](C)C1)N(C)C(c1ccccc1F)=N2. The van der Waals surface area contributed by atoms with Crippen LogP contribution in [0, 0.1) is 12.7 Å². The van der Waals surface area contributed by atoms with E-state index in [0.717, 1.165) is 16.7 Å². The third-order valence-corrected chi connectivity index (χ3v) is 11.7. The first-order valence-corrected chi connectivity index (χ1v) is 15.8. The average molecular weight is 611 g/mol. The van der Waals surface area contributed by atoms with Gasteiger partial charge in [0.1, 0.15) is 17.3 Å². The van der Waals surface area contributed by atoms with Gasteiger partial charge in [0.2, 0.25) is 0 Å². The molecule has 6 rings (SSSR count). The van der Waals surface area contributed by atoms with Crippen molar-refractivity contribution in [3.8, 4) is 5.69 Å². The molecule has 3 heterocycles. The zero-order chi connectivity index (χ0) is 28.9. The van der Waals surface area contributed by atoms with Gasteiger partial charge >= 0.3 is 0 Å². The molecule has 0 saturated carbocycles. The van der Waals surface area contributed by atoms with Crippen LogP contribution < -0.4 is 5.30 Å². The van der Waals surface area contributed by atoms with Gasteiger partial charge in [0, 0.05) is 20.1 Å². The van der Waals surface area contributed by atoms with Crippen LogP contribution in [0.15, 0.2) is 82.5 Å². The Morgan fingerprint density at radius 3 is 2.22 bits per heavy atom. The summed E-state index contributed by atoms with van der Waals surface area (Å²) in [5.74, 6) is 0.693. The number of rotatable bonds is 4. The van der Waals surface area contributed by atoms with Gasteiger partial charge in [-0.15, -0.1) is 0 Å². The lowest BCUT2D eigenvalue weighted by atomic mass is 10.2. The molecular weight excluding hydrogens is 581 g/mol. The molecule has 0 aliphatic carbocycles. The van der Waals surface area contributed by atoms with E-state index in [-0.39, 0.29) is 18.0 Å². The molecule has 3 aromatic carbocycles. The van der Waals surface area contributed by atoms with Crippen LogP contribution in [0.3, 0.4) is 0 Å². The quantitative estimate of drug-likeness (QED) is 0.222. The standard InChI is InChI=1S/C30H30Cl2FN6OP/c1-19-17-38(18-20(2)40-19)41(36-27-24(31)14-10-15-25(27)32)28-21(3)35-39(22-11-6-5-7-12-22)30(28)34-29(37(41)4)23-13-8-9-16-26(23)33/h5-16,19-20H,17-18H2,1-4H3/t19-,20+,41-/m1/s1. The highest BCUT2D eigenvalue weighted by Crippen LogP contribution is 2.63. The first kappa shape index (κ1) is 28.1. The lowest BCUT2D eigenvalue weighted by molar-refractivity contribution is -0.0442. The van der Waals surface area contributed by atoms with Crippen LogP contribution in [0.1, 0.15) is 25.1 Å². The molecule has 4 aromatic rings. The highest BCUT2D eigenvalue weighted by atomic mass is 35.5. The normalized spacial score (nSPS) is 22.8. The van der Waals surface area contributed by atoms with E-state index in [9.17, 15) is 0 Å². The fourth-order valence-corrected chi connectivity index (χ4v) is 10.3. The predicted octanol–water partition coefficient (Wildman–Crippen LogP) is 7.75. The summed E-state index contributed by atoms with van der Waals surface area (Å²) >= 11 is 13.5. The molecule has 41 heavy (non-hydrogen) atoms. The minimum atomic E-state index is -3.01. The fraction of sp³-hybridized carbons (Fsp3) is 0.267. The van der Waals surface area contributed by atoms with Crippen LogP contribution >= 0.6 is 30.6 Å². The molecule has 0 amide bonds. The van der Waals surface area contributed by atoms with Crippen molar-refractivity contribution in [1.82, 2.24) is 19.1 Å². The molecular formula is C30H30Cl2FN6OP. The summed E-state index contributed by atoms with van der Waals surface area (Å²) in [4.78, 5) is 5.12. The van der Waals surface area contributed by atoms with Crippen LogP contribution in [0.25, 0.3) is 5.69 Å². The largest absolute Gasteiger partial charge is 0.373 e. The molecule has 1 aromatic heterocycles. The second kappa shape index (κ2) is 11.0. The van der Waals surface area contributed by atoms with Crippen LogP contribution in [-0.4, -0.2) is 57.3 Å². The molecule has 11 heteroatoms. The van der Waals surface area contributed by atoms with Crippen LogP contribution in [0.2, 0.25) is 10.0 Å². The lowest BCUT2D eigenvalue weighted by Crippen LogP contribution is -2.50. The Morgan fingerprint density at radius 1 is 0.927 bits per heavy atom. The minimum absolute atomic E-state index is 0.0651. The number of amidine groups is 1. The van der Waals surface area contributed by atoms with Gasteiger partial charge < -0.3 is 9.41 Å². The van der Waals surface area contributed by atoms with Gasteiger partial charge in [-0.3, -0.25) is 0 Å². The summed E-state index contributed by atoms with van der Waals surface area (Å²) in [5.41, 5.74) is 2.48. The highest BCUT2D eigenvalue weighted by molar-refractivity contribution is 7.70. The Balaban J connectivity index is 1.76. The molecule has 0 spiro atoms. The minimum Gasteiger partial charge on any atom is -0.373 e. The average Bonchev–Trinajstić information content (AvgIpc) is 3.28. The van der Waals surface area contributed by atoms with Crippen molar-refractivity contribution in [2.24, 2.45) is 9.74 Å². The first-order chi connectivity index (χ1) is 19.7. The van der Waals surface area contributed by atoms with E-state index in [1.807, 2.05) is 59.7 Å². The zero-order valence-corrected chi connectivity index (χ0v) is 25.6. The fourth-order valence-electron chi connectivity index (χ4n) is 5.65. The summed E-state index contributed by atoms with van der Waals surface area (Å²) in [6.07, 6.45) is -0.130. The Hall–Kier alpha value is -3.00. The molecule has 0 bridgehead atoms. The number of hydrogen-bond acceptors (Lipinski definition) is 4. The van der Waals surface area contributed by atoms with E-state index in [4.69, 9.17) is 42.8 Å². The number of hydrogen-bond donors (Lipinski definition) is 0. The number of aryl methyl sites for hydroxylation is 1. The molecule has 0 unspecified atom stereocenters. The number of nitrogens with zero attached hydrogens (tertiary/aromatic N) is 6. The summed E-state index contributed by atoms with van der Waals surface area (Å²) < 4.78 is 33.4. The van der Waals surface area contributed by atoms with E-state index in [1.165, 1.54) is 6.07 Å². The molecule has 2 aliphatic heterocycles. The summed E-state index contributed by atoms with van der Waals surface area (Å²) in [7, 11) is -1.08. The third-order valence-electron chi connectivity index (χ3n) is 7.33. The Bertz CT molecular complexity index is 1680. The van der Waals surface area contributed by atoms with Crippen molar-refractivity contribution in [2.45, 2.75) is 33.0 Å².